The van der Waals surface area contributed by atoms with Crippen LogP contribution in [0.15, 0.2) is 68.9 Å². The number of benzene rings is 2. The zero-order chi connectivity index (χ0) is 20.5. The lowest BCUT2D eigenvalue weighted by atomic mass is 10.1. The molecule has 0 unspecified atom stereocenters. The van der Waals surface area contributed by atoms with Crippen LogP contribution >= 0.6 is 0 Å². The predicted molar refractivity (Wildman–Crippen MR) is 112 cm³/mol. The Morgan fingerprint density at radius 2 is 1.72 bits per heavy atom. The summed E-state index contributed by atoms with van der Waals surface area (Å²) in [7, 11) is 1.77. The Labute approximate surface area is 166 Å². The summed E-state index contributed by atoms with van der Waals surface area (Å²) >= 11 is 0. The zero-order valence-corrected chi connectivity index (χ0v) is 16.3. The van der Waals surface area contributed by atoms with Gasteiger partial charge < -0.3 is 4.42 Å². The van der Waals surface area contributed by atoms with E-state index >= 15 is 0 Å². The summed E-state index contributed by atoms with van der Waals surface area (Å²) < 4.78 is 8.91. The van der Waals surface area contributed by atoms with Crippen LogP contribution in [0.3, 0.4) is 0 Å². The zero-order valence-electron chi connectivity index (χ0n) is 16.3. The quantitative estimate of drug-likeness (QED) is 0.430. The molecule has 4 aromatic rings. The van der Waals surface area contributed by atoms with Gasteiger partial charge in [-0.3, -0.25) is 14.3 Å². The lowest BCUT2D eigenvalue weighted by Gasteiger charge is -2.07. The van der Waals surface area contributed by atoms with E-state index < -0.39 is 5.91 Å². The highest BCUT2D eigenvalue weighted by atomic mass is 16.3. The number of rotatable bonds is 4. The van der Waals surface area contributed by atoms with Gasteiger partial charge in [-0.05, 0) is 32.0 Å². The van der Waals surface area contributed by atoms with Gasteiger partial charge >= 0.3 is 5.91 Å². The molecule has 146 valence electrons. The van der Waals surface area contributed by atoms with Gasteiger partial charge in [0.2, 0.25) is 0 Å². The number of nitrogens with zero attached hydrogens (tertiary/aromatic N) is 3. The molecule has 2 heterocycles. The summed E-state index contributed by atoms with van der Waals surface area (Å²) in [5.74, 6) is -0.226. The van der Waals surface area contributed by atoms with Gasteiger partial charge in [0.1, 0.15) is 5.58 Å². The third-order valence-electron chi connectivity index (χ3n) is 4.95. The maximum absolute atomic E-state index is 12.7. The van der Waals surface area contributed by atoms with Crippen LogP contribution in [-0.4, -0.2) is 21.5 Å². The minimum absolute atomic E-state index is 0.139. The fourth-order valence-electron chi connectivity index (χ4n) is 3.39. The SMILES string of the molecule is Cc1c(/C=N\NC(=O)c2oc3ccccc3c2C)n(C)n(-c2ccccc2)c1=O. The second-order valence-electron chi connectivity index (χ2n) is 6.74. The lowest BCUT2D eigenvalue weighted by Crippen LogP contribution is -2.20. The van der Waals surface area contributed by atoms with Crippen LogP contribution in [0.25, 0.3) is 16.7 Å². The highest BCUT2D eigenvalue weighted by Crippen LogP contribution is 2.24. The number of hydrogen-bond donors (Lipinski definition) is 1. The minimum Gasteiger partial charge on any atom is -0.451 e. The summed E-state index contributed by atoms with van der Waals surface area (Å²) in [6.45, 7) is 3.56. The number of fused-ring (bicyclic) bond motifs is 1. The van der Waals surface area contributed by atoms with Gasteiger partial charge in [-0.25, -0.2) is 10.1 Å². The van der Waals surface area contributed by atoms with Crippen molar-refractivity contribution in [2.75, 3.05) is 0 Å². The Bertz CT molecular complexity index is 1290. The average molecular weight is 388 g/mol. The molecule has 0 spiro atoms. The van der Waals surface area contributed by atoms with E-state index in [9.17, 15) is 9.59 Å². The van der Waals surface area contributed by atoms with E-state index in [0.29, 0.717) is 16.8 Å². The molecule has 0 aliphatic heterocycles. The Balaban J connectivity index is 1.61. The Kier molecular flexibility index (Phi) is 4.64. The molecule has 0 saturated carbocycles. The molecular formula is C22H20N4O3. The van der Waals surface area contributed by atoms with E-state index in [1.165, 1.54) is 6.21 Å². The number of aryl methyl sites for hydroxylation is 1. The number of furan rings is 1. The Morgan fingerprint density at radius 3 is 2.45 bits per heavy atom. The van der Waals surface area contributed by atoms with E-state index in [0.717, 1.165) is 16.6 Å². The first-order valence-corrected chi connectivity index (χ1v) is 9.14. The first-order valence-electron chi connectivity index (χ1n) is 9.14. The van der Waals surface area contributed by atoms with Crippen molar-refractivity contribution in [3.8, 4) is 5.69 Å². The molecule has 1 N–H and O–H groups in total. The monoisotopic (exact) mass is 388 g/mol. The summed E-state index contributed by atoms with van der Waals surface area (Å²) in [6.07, 6.45) is 1.46. The van der Waals surface area contributed by atoms with Crippen LogP contribution in [0.2, 0.25) is 0 Å². The first kappa shape index (κ1) is 18.5. The van der Waals surface area contributed by atoms with Gasteiger partial charge in [-0.15, -0.1) is 0 Å². The molecule has 7 nitrogen and oxygen atoms in total. The number of hydrazone groups is 1. The van der Waals surface area contributed by atoms with Crippen LogP contribution in [0.1, 0.15) is 27.4 Å². The summed E-state index contributed by atoms with van der Waals surface area (Å²) in [6, 6.07) is 16.8. The Morgan fingerprint density at radius 1 is 1.03 bits per heavy atom. The van der Waals surface area contributed by atoms with Gasteiger partial charge in [0.25, 0.3) is 5.56 Å². The molecule has 0 fully saturated rings. The van der Waals surface area contributed by atoms with Gasteiger partial charge in [0.15, 0.2) is 5.76 Å². The van der Waals surface area contributed by atoms with E-state index in [1.807, 2.05) is 61.5 Å². The number of hydrogen-bond acceptors (Lipinski definition) is 4. The van der Waals surface area contributed by atoms with Gasteiger partial charge in [0.05, 0.1) is 17.6 Å². The standard InChI is InChI=1S/C22H20N4O3/c1-14-17-11-7-8-12-19(17)29-20(14)21(27)24-23-13-18-15(2)22(28)26(25(18)3)16-9-5-4-6-10-16/h4-13H,1-3H3,(H,24,27)/b23-13-. The van der Waals surface area contributed by atoms with Crippen LogP contribution in [0.4, 0.5) is 0 Å². The summed E-state index contributed by atoms with van der Waals surface area (Å²) in [4.78, 5) is 25.1. The summed E-state index contributed by atoms with van der Waals surface area (Å²) in [5.41, 5.74) is 5.64. The number of carbonyl (C=O) groups is 1. The minimum atomic E-state index is -0.444. The molecule has 0 atom stereocenters. The van der Waals surface area contributed by atoms with Crippen molar-refractivity contribution in [1.29, 1.82) is 0 Å². The van der Waals surface area contributed by atoms with E-state index in [2.05, 4.69) is 10.5 Å². The van der Waals surface area contributed by atoms with Gasteiger partial charge in [-0.2, -0.15) is 5.10 Å². The maximum atomic E-state index is 12.7. The molecule has 0 bridgehead atoms. The molecule has 0 radical (unpaired) electrons. The van der Waals surface area contributed by atoms with Crippen molar-refractivity contribution in [1.82, 2.24) is 14.8 Å². The van der Waals surface area contributed by atoms with E-state index in [-0.39, 0.29) is 11.3 Å². The largest absolute Gasteiger partial charge is 0.451 e. The molecule has 2 aromatic carbocycles. The van der Waals surface area contributed by atoms with Crippen LogP contribution < -0.4 is 11.0 Å². The Hall–Kier alpha value is -3.87. The average Bonchev–Trinajstić information content (AvgIpc) is 3.18. The molecule has 29 heavy (non-hydrogen) atoms. The molecule has 0 aliphatic carbocycles. The van der Waals surface area contributed by atoms with Crippen molar-refractivity contribution in [3.63, 3.8) is 0 Å². The molecule has 0 saturated heterocycles. The topological polar surface area (TPSA) is 81.5 Å². The third-order valence-corrected chi connectivity index (χ3v) is 4.95. The molecule has 2 aromatic heterocycles. The number of nitrogens with one attached hydrogen (secondary N) is 1. The lowest BCUT2D eigenvalue weighted by molar-refractivity contribution is 0.0929. The molecule has 4 rings (SSSR count). The van der Waals surface area contributed by atoms with E-state index in [1.54, 1.807) is 23.3 Å². The van der Waals surface area contributed by atoms with Crippen molar-refractivity contribution in [3.05, 3.63) is 87.5 Å². The predicted octanol–water partition coefficient (Wildman–Crippen LogP) is 3.30. The fourth-order valence-corrected chi connectivity index (χ4v) is 3.39. The molecule has 0 aliphatic rings. The maximum Gasteiger partial charge on any atom is 0.307 e. The van der Waals surface area contributed by atoms with Crippen molar-refractivity contribution in [2.24, 2.45) is 12.1 Å². The van der Waals surface area contributed by atoms with Crippen molar-refractivity contribution in [2.45, 2.75) is 13.8 Å². The molecule has 7 heteroatoms. The van der Waals surface area contributed by atoms with Crippen molar-refractivity contribution < 1.29 is 9.21 Å². The molecular weight excluding hydrogens is 368 g/mol. The number of para-hydroxylation sites is 2. The van der Waals surface area contributed by atoms with Crippen LogP contribution in [0.5, 0.6) is 0 Å². The fraction of sp³-hybridized carbons (Fsp3) is 0.136. The number of aromatic nitrogens is 2. The normalized spacial score (nSPS) is 11.4. The summed E-state index contributed by atoms with van der Waals surface area (Å²) in [5, 5.41) is 4.93. The smallest absolute Gasteiger partial charge is 0.307 e. The second-order valence-corrected chi connectivity index (χ2v) is 6.74. The van der Waals surface area contributed by atoms with Crippen LogP contribution in [0, 0.1) is 13.8 Å². The second kappa shape index (κ2) is 7.27. The first-order chi connectivity index (χ1) is 14.0. The molecule has 1 amide bonds. The highest BCUT2D eigenvalue weighted by molar-refractivity contribution is 5.99. The van der Waals surface area contributed by atoms with Crippen molar-refractivity contribution >= 4 is 23.1 Å². The third kappa shape index (κ3) is 3.16. The highest BCUT2D eigenvalue weighted by Gasteiger charge is 2.17. The van der Waals surface area contributed by atoms with Gasteiger partial charge in [0, 0.05) is 23.6 Å². The van der Waals surface area contributed by atoms with Crippen LogP contribution in [-0.2, 0) is 7.05 Å². The number of carbonyl (C=O) groups excluding carboxylic acids is 1. The van der Waals surface area contributed by atoms with E-state index in [4.69, 9.17) is 4.42 Å². The number of amides is 1. The van der Waals surface area contributed by atoms with Gasteiger partial charge in [-0.1, -0.05) is 36.4 Å².